The minimum absolute atomic E-state index is 0.0899. The molecule has 1 atom stereocenters. The lowest BCUT2D eigenvalue weighted by Gasteiger charge is -2.38. The summed E-state index contributed by atoms with van der Waals surface area (Å²) in [5.74, 6) is -0.907. The highest BCUT2D eigenvalue weighted by Crippen LogP contribution is 2.41. The zero-order valence-electron chi connectivity index (χ0n) is 23.9. The maximum Gasteiger partial charge on any atom is 0.255 e. The molecular formula is C34H30F2N2O6. The SMILES string of the molecule is COc1ccc2cc1OCCCNC(=O)c1cc(ccc1O)Oc1ccc3c(c1)CCN(C(=O)Cc1ccc(F)c(F)c1)C23. The number of fused-ring (bicyclic) bond motifs is 6. The van der Waals surface area contributed by atoms with Gasteiger partial charge in [0.25, 0.3) is 5.91 Å². The second kappa shape index (κ2) is 12.2. The Kier molecular flexibility index (Phi) is 8.06. The summed E-state index contributed by atoms with van der Waals surface area (Å²) in [6.45, 7) is 0.929. The summed E-state index contributed by atoms with van der Waals surface area (Å²) < 4.78 is 45.2. The number of phenols is 1. The van der Waals surface area contributed by atoms with Gasteiger partial charge in [0.2, 0.25) is 5.91 Å². The molecule has 44 heavy (non-hydrogen) atoms. The third-order valence-electron chi connectivity index (χ3n) is 7.82. The average molecular weight is 601 g/mol. The molecule has 0 spiro atoms. The van der Waals surface area contributed by atoms with E-state index in [1.54, 1.807) is 23.1 Å². The smallest absolute Gasteiger partial charge is 0.255 e. The number of nitrogens with zero attached hydrogens (tertiary/aromatic N) is 1. The van der Waals surface area contributed by atoms with Gasteiger partial charge >= 0.3 is 0 Å². The molecule has 0 radical (unpaired) electrons. The molecule has 2 amide bonds. The Morgan fingerprint density at radius 2 is 1.84 bits per heavy atom. The molecule has 4 aromatic rings. The Balaban J connectivity index is 1.42. The van der Waals surface area contributed by atoms with Gasteiger partial charge in [-0.05, 0) is 89.7 Å². The minimum atomic E-state index is -1.000. The predicted octanol–water partition coefficient (Wildman–Crippen LogP) is 5.70. The summed E-state index contributed by atoms with van der Waals surface area (Å²) in [6, 6.07) is 18.5. The highest BCUT2D eigenvalue weighted by atomic mass is 19.2. The van der Waals surface area contributed by atoms with Crippen LogP contribution in [0.25, 0.3) is 0 Å². The van der Waals surface area contributed by atoms with Gasteiger partial charge < -0.3 is 29.5 Å². The van der Waals surface area contributed by atoms with Crippen LogP contribution in [0, 0.1) is 11.6 Å². The van der Waals surface area contributed by atoms with Crippen LogP contribution < -0.4 is 19.5 Å². The molecule has 7 rings (SSSR count). The Bertz CT molecular complexity index is 1740. The van der Waals surface area contributed by atoms with E-state index < -0.39 is 23.6 Å². The first-order valence-electron chi connectivity index (χ1n) is 14.3. The van der Waals surface area contributed by atoms with Crippen molar-refractivity contribution < 1.29 is 37.7 Å². The number of hydrogen-bond acceptors (Lipinski definition) is 6. The van der Waals surface area contributed by atoms with E-state index in [1.165, 1.54) is 25.3 Å². The van der Waals surface area contributed by atoms with Crippen molar-refractivity contribution in [3.8, 4) is 28.7 Å². The largest absolute Gasteiger partial charge is 0.507 e. The maximum atomic E-state index is 13.9. The molecule has 8 nitrogen and oxygen atoms in total. The fourth-order valence-corrected chi connectivity index (χ4v) is 5.64. The number of hydrogen-bond donors (Lipinski definition) is 2. The highest BCUT2D eigenvalue weighted by molar-refractivity contribution is 5.97. The number of benzene rings is 4. The monoisotopic (exact) mass is 600 g/mol. The normalized spacial score (nSPS) is 16.2. The number of halogens is 2. The Morgan fingerprint density at radius 1 is 1.02 bits per heavy atom. The standard InChI is InChI=1S/C34H30F2N2O6/c1-42-30-10-4-22-18-31(30)43-14-2-12-37-34(41)26-19-24(6-9-29(26)39)44-23-5-7-25-21(17-23)11-13-38(33(22)25)32(40)16-20-3-8-27(35)28(36)15-20/h3-10,15,17-19,33,39H,2,11-14,16H2,1H3,(H,37,41). The third kappa shape index (κ3) is 5.88. The Morgan fingerprint density at radius 3 is 2.66 bits per heavy atom. The van der Waals surface area contributed by atoms with Crippen molar-refractivity contribution in [1.29, 1.82) is 0 Å². The first kappa shape index (κ1) is 29.0. The van der Waals surface area contributed by atoms with Crippen LogP contribution in [0.1, 0.15) is 45.1 Å². The van der Waals surface area contributed by atoms with E-state index >= 15 is 0 Å². The summed E-state index contributed by atoms with van der Waals surface area (Å²) >= 11 is 0. The zero-order chi connectivity index (χ0) is 30.8. The van der Waals surface area contributed by atoms with Gasteiger partial charge in [-0.25, -0.2) is 8.78 Å². The summed E-state index contributed by atoms with van der Waals surface area (Å²) in [5.41, 5.74) is 3.09. The number of nitrogens with one attached hydrogen (secondary N) is 1. The van der Waals surface area contributed by atoms with Crippen LogP contribution in [0.2, 0.25) is 0 Å². The van der Waals surface area contributed by atoms with Crippen LogP contribution in [0.5, 0.6) is 28.7 Å². The summed E-state index contributed by atoms with van der Waals surface area (Å²) in [5, 5.41) is 13.1. The lowest BCUT2D eigenvalue weighted by molar-refractivity contribution is -0.132. The predicted molar refractivity (Wildman–Crippen MR) is 157 cm³/mol. The molecule has 2 N–H and O–H groups in total. The first-order chi connectivity index (χ1) is 21.3. The van der Waals surface area contributed by atoms with E-state index in [4.69, 9.17) is 14.2 Å². The summed E-state index contributed by atoms with van der Waals surface area (Å²) in [7, 11) is 1.54. The van der Waals surface area contributed by atoms with Crippen LogP contribution in [0.4, 0.5) is 8.78 Å². The number of ether oxygens (including phenoxy) is 3. The third-order valence-corrected chi connectivity index (χ3v) is 7.82. The summed E-state index contributed by atoms with van der Waals surface area (Å²) in [6.07, 6.45) is 0.900. The van der Waals surface area contributed by atoms with Gasteiger partial charge in [0, 0.05) is 13.1 Å². The lowest BCUT2D eigenvalue weighted by atomic mass is 9.87. The second-order valence-corrected chi connectivity index (χ2v) is 10.7. The van der Waals surface area contributed by atoms with Gasteiger partial charge in [0.05, 0.1) is 31.7 Å². The summed E-state index contributed by atoms with van der Waals surface area (Å²) in [4.78, 5) is 28.3. The molecule has 4 aromatic carbocycles. The zero-order valence-corrected chi connectivity index (χ0v) is 23.9. The molecule has 226 valence electrons. The van der Waals surface area contributed by atoms with Gasteiger partial charge in [0.15, 0.2) is 23.1 Å². The number of aromatic hydroxyl groups is 1. The number of rotatable bonds is 3. The molecule has 10 heteroatoms. The van der Waals surface area contributed by atoms with Gasteiger partial charge in [-0.1, -0.05) is 18.2 Å². The number of amides is 2. The molecule has 3 aliphatic heterocycles. The van der Waals surface area contributed by atoms with Crippen molar-refractivity contribution in [2.45, 2.75) is 25.3 Å². The maximum absolute atomic E-state index is 13.9. The quantitative estimate of drug-likeness (QED) is 0.313. The molecule has 3 heterocycles. The topological polar surface area (TPSA) is 97.3 Å². The van der Waals surface area contributed by atoms with Crippen LogP contribution in [-0.2, 0) is 17.6 Å². The van der Waals surface area contributed by atoms with E-state index in [1.807, 2.05) is 24.3 Å². The molecule has 0 saturated carbocycles. The first-order valence-corrected chi connectivity index (χ1v) is 14.3. The average Bonchev–Trinajstić information content (AvgIpc) is 3.02. The van der Waals surface area contributed by atoms with Crippen molar-refractivity contribution in [3.05, 3.63) is 112 Å². The van der Waals surface area contributed by atoms with E-state index in [2.05, 4.69) is 5.32 Å². The molecule has 0 fully saturated rings. The van der Waals surface area contributed by atoms with Crippen LogP contribution in [-0.4, -0.2) is 48.6 Å². The minimum Gasteiger partial charge on any atom is -0.507 e. The van der Waals surface area contributed by atoms with E-state index in [9.17, 15) is 23.5 Å². The van der Waals surface area contributed by atoms with E-state index in [0.29, 0.717) is 54.5 Å². The van der Waals surface area contributed by atoms with E-state index in [-0.39, 0.29) is 30.2 Å². The molecule has 1 unspecified atom stereocenters. The van der Waals surface area contributed by atoms with Gasteiger partial charge in [-0.15, -0.1) is 0 Å². The second-order valence-electron chi connectivity index (χ2n) is 10.7. The van der Waals surface area contributed by atoms with Gasteiger partial charge in [-0.3, -0.25) is 9.59 Å². The molecule has 0 aliphatic carbocycles. The Hall–Kier alpha value is -5.12. The molecule has 8 bridgehead atoms. The number of methoxy groups -OCH3 is 1. The van der Waals surface area contributed by atoms with Crippen molar-refractivity contribution >= 4 is 11.8 Å². The van der Waals surface area contributed by atoms with E-state index in [0.717, 1.165) is 28.8 Å². The number of carbonyl (C=O) groups is 2. The molecule has 0 saturated heterocycles. The van der Waals surface area contributed by atoms with Gasteiger partial charge in [-0.2, -0.15) is 0 Å². The number of carbonyl (C=O) groups excluding carboxylic acids is 2. The molecule has 0 aromatic heterocycles. The van der Waals surface area contributed by atoms with Crippen molar-refractivity contribution in [2.24, 2.45) is 0 Å². The van der Waals surface area contributed by atoms with Crippen molar-refractivity contribution in [1.82, 2.24) is 10.2 Å². The fourth-order valence-electron chi connectivity index (χ4n) is 5.64. The Labute approximate surface area is 252 Å². The van der Waals surface area contributed by atoms with Crippen LogP contribution >= 0.6 is 0 Å². The van der Waals surface area contributed by atoms with Gasteiger partial charge in [0.1, 0.15) is 17.2 Å². The highest BCUT2D eigenvalue weighted by Gasteiger charge is 2.33. The van der Waals surface area contributed by atoms with Crippen LogP contribution in [0.3, 0.4) is 0 Å². The lowest BCUT2D eigenvalue weighted by Crippen LogP contribution is -2.41. The van der Waals surface area contributed by atoms with Crippen LogP contribution in [0.15, 0.2) is 72.8 Å². The molecular weight excluding hydrogens is 570 g/mol. The molecule has 3 aliphatic rings. The number of phenolic OH excluding ortho intramolecular Hbond substituents is 1. The fraction of sp³-hybridized carbons (Fsp3) is 0.235. The van der Waals surface area contributed by atoms with Crippen molar-refractivity contribution in [2.75, 3.05) is 26.8 Å². The van der Waals surface area contributed by atoms with Crippen molar-refractivity contribution in [3.63, 3.8) is 0 Å².